The van der Waals surface area contributed by atoms with E-state index in [9.17, 15) is 9.59 Å². The van der Waals surface area contributed by atoms with Gasteiger partial charge in [-0.15, -0.1) is 0 Å². The highest BCUT2D eigenvalue weighted by molar-refractivity contribution is 5.93. The first-order valence-electron chi connectivity index (χ1n) is 8.18. The van der Waals surface area contributed by atoms with Crippen molar-refractivity contribution in [1.29, 1.82) is 0 Å². The van der Waals surface area contributed by atoms with Crippen LogP contribution >= 0.6 is 0 Å². The molecule has 1 atom stereocenters. The lowest BCUT2D eigenvalue weighted by molar-refractivity contribution is -0.127. The number of hydrogen-bond donors (Lipinski definition) is 1. The largest absolute Gasteiger partial charge is 0.481 e. The average molecular weight is 340 g/mol. The fourth-order valence-electron chi connectivity index (χ4n) is 2.23. The summed E-state index contributed by atoms with van der Waals surface area (Å²) in [5, 5.41) is 2.84. The van der Waals surface area contributed by atoms with Crippen molar-refractivity contribution in [3.63, 3.8) is 0 Å². The molecule has 0 saturated carbocycles. The Balaban J connectivity index is 1.86. The van der Waals surface area contributed by atoms with Crippen LogP contribution in [0.15, 0.2) is 48.5 Å². The van der Waals surface area contributed by atoms with E-state index < -0.39 is 6.10 Å². The van der Waals surface area contributed by atoms with Gasteiger partial charge in [-0.25, -0.2) is 0 Å². The zero-order valence-corrected chi connectivity index (χ0v) is 15.1. The van der Waals surface area contributed by atoms with Crippen molar-refractivity contribution >= 4 is 11.8 Å². The van der Waals surface area contributed by atoms with Crippen molar-refractivity contribution < 1.29 is 14.3 Å². The number of aryl methyl sites for hydroxylation is 1. The van der Waals surface area contributed by atoms with Crippen LogP contribution in [-0.2, 0) is 11.3 Å². The lowest BCUT2D eigenvalue weighted by Gasteiger charge is -2.15. The number of amides is 2. The lowest BCUT2D eigenvalue weighted by atomic mass is 10.1. The molecule has 0 fully saturated rings. The predicted octanol–water partition coefficient (Wildman–Crippen LogP) is 2.78. The van der Waals surface area contributed by atoms with Gasteiger partial charge >= 0.3 is 0 Å². The fraction of sp³-hybridized carbons (Fsp3) is 0.300. The number of hydrogen-bond acceptors (Lipinski definition) is 3. The molecule has 2 amide bonds. The van der Waals surface area contributed by atoms with E-state index in [0.29, 0.717) is 17.9 Å². The minimum Gasteiger partial charge on any atom is -0.481 e. The number of carbonyl (C=O) groups is 2. The smallest absolute Gasteiger partial charge is 0.261 e. The van der Waals surface area contributed by atoms with Gasteiger partial charge in [0.15, 0.2) is 6.10 Å². The molecule has 0 spiro atoms. The first kappa shape index (κ1) is 18.5. The van der Waals surface area contributed by atoms with Gasteiger partial charge in [0.25, 0.3) is 11.8 Å². The normalized spacial score (nSPS) is 11.5. The minimum absolute atomic E-state index is 0.0456. The zero-order chi connectivity index (χ0) is 18.4. The van der Waals surface area contributed by atoms with Gasteiger partial charge in [-0.05, 0) is 43.7 Å². The van der Waals surface area contributed by atoms with Crippen LogP contribution in [0.4, 0.5) is 0 Å². The molecule has 5 heteroatoms. The third kappa shape index (κ3) is 5.35. The molecule has 0 aromatic heterocycles. The standard InChI is InChI=1S/C20H24N2O3/c1-14-5-11-18(12-6-14)25-15(2)19(23)21-13-16-7-9-17(10-8-16)20(24)22(3)4/h5-12,15H,13H2,1-4H3,(H,21,23). The molecule has 0 bridgehead atoms. The van der Waals surface area contributed by atoms with Gasteiger partial charge in [-0.2, -0.15) is 0 Å². The van der Waals surface area contributed by atoms with Crippen LogP contribution in [0, 0.1) is 6.92 Å². The van der Waals surface area contributed by atoms with Crippen molar-refractivity contribution in [2.45, 2.75) is 26.5 Å². The first-order valence-corrected chi connectivity index (χ1v) is 8.18. The third-order valence-corrected chi connectivity index (χ3v) is 3.78. The van der Waals surface area contributed by atoms with Crippen molar-refractivity contribution in [3.8, 4) is 5.75 Å². The predicted molar refractivity (Wildman–Crippen MR) is 97.6 cm³/mol. The average Bonchev–Trinajstić information content (AvgIpc) is 2.61. The summed E-state index contributed by atoms with van der Waals surface area (Å²) in [7, 11) is 3.43. The molecule has 25 heavy (non-hydrogen) atoms. The quantitative estimate of drug-likeness (QED) is 0.880. The van der Waals surface area contributed by atoms with Gasteiger partial charge in [0, 0.05) is 26.2 Å². The fourth-order valence-corrected chi connectivity index (χ4v) is 2.23. The van der Waals surface area contributed by atoms with Crippen molar-refractivity contribution in [1.82, 2.24) is 10.2 Å². The number of carbonyl (C=O) groups excluding carboxylic acids is 2. The third-order valence-electron chi connectivity index (χ3n) is 3.78. The van der Waals surface area contributed by atoms with Crippen LogP contribution in [0.5, 0.6) is 5.75 Å². The number of ether oxygens (including phenoxy) is 1. The van der Waals surface area contributed by atoms with Crippen molar-refractivity contribution in [2.24, 2.45) is 0 Å². The summed E-state index contributed by atoms with van der Waals surface area (Å²) in [4.78, 5) is 25.5. The maximum atomic E-state index is 12.2. The molecule has 5 nitrogen and oxygen atoms in total. The van der Waals surface area contributed by atoms with Gasteiger partial charge in [-0.1, -0.05) is 29.8 Å². The Morgan fingerprint density at radius 3 is 2.20 bits per heavy atom. The lowest BCUT2D eigenvalue weighted by Crippen LogP contribution is -2.35. The van der Waals surface area contributed by atoms with Crippen LogP contribution in [0.1, 0.15) is 28.4 Å². The summed E-state index contributed by atoms with van der Waals surface area (Å²) in [6.07, 6.45) is -0.586. The van der Waals surface area contributed by atoms with Gasteiger partial charge < -0.3 is 15.0 Å². The molecule has 0 heterocycles. The van der Waals surface area contributed by atoms with E-state index in [1.807, 2.05) is 43.3 Å². The summed E-state index contributed by atoms with van der Waals surface area (Å²) >= 11 is 0. The van der Waals surface area contributed by atoms with E-state index in [0.717, 1.165) is 11.1 Å². The van der Waals surface area contributed by atoms with Crippen molar-refractivity contribution in [2.75, 3.05) is 14.1 Å². The topological polar surface area (TPSA) is 58.6 Å². The summed E-state index contributed by atoms with van der Waals surface area (Å²) in [5.41, 5.74) is 2.68. The van der Waals surface area contributed by atoms with E-state index >= 15 is 0 Å². The van der Waals surface area contributed by atoms with Crippen LogP contribution in [0.2, 0.25) is 0 Å². The summed E-state index contributed by atoms with van der Waals surface area (Å²) in [6.45, 7) is 4.10. The van der Waals surface area contributed by atoms with E-state index in [-0.39, 0.29) is 11.8 Å². The molecule has 0 radical (unpaired) electrons. The molecule has 0 aliphatic carbocycles. The minimum atomic E-state index is -0.586. The van der Waals surface area contributed by atoms with Gasteiger partial charge in [-0.3, -0.25) is 9.59 Å². The van der Waals surface area contributed by atoms with Gasteiger partial charge in [0.05, 0.1) is 0 Å². The second kappa shape index (κ2) is 8.33. The van der Waals surface area contributed by atoms with Crippen LogP contribution < -0.4 is 10.1 Å². The van der Waals surface area contributed by atoms with Crippen LogP contribution in [0.3, 0.4) is 0 Å². The zero-order valence-electron chi connectivity index (χ0n) is 15.1. The van der Waals surface area contributed by atoms with E-state index in [1.165, 1.54) is 4.90 Å². The van der Waals surface area contributed by atoms with Gasteiger partial charge in [0.2, 0.25) is 0 Å². The molecule has 0 saturated heterocycles. The Labute approximate surface area is 148 Å². The summed E-state index contributed by atoms with van der Waals surface area (Å²) in [6, 6.07) is 14.8. The molecule has 132 valence electrons. The molecule has 2 aromatic rings. The number of benzene rings is 2. The second-order valence-electron chi connectivity index (χ2n) is 6.19. The molecule has 2 rings (SSSR count). The maximum absolute atomic E-state index is 12.2. The van der Waals surface area contributed by atoms with E-state index in [4.69, 9.17) is 4.74 Å². The molecular formula is C20H24N2O3. The van der Waals surface area contributed by atoms with Gasteiger partial charge in [0.1, 0.15) is 5.75 Å². The Bertz CT molecular complexity index is 722. The Kier molecular flexibility index (Phi) is 6.17. The highest BCUT2D eigenvalue weighted by Gasteiger charge is 2.14. The molecular weight excluding hydrogens is 316 g/mol. The molecule has 2 aromatic carbocycles. The Morgan fingerprint density at radius 2 is 1.64 bits per heavy atom. The van der Waals surface area contributed by atoms with Crippen LogP contribution in [-0.4, -0.2) is 36.9 Å². The van der Waals surface area contributed by atoms with E-state index in [2.05, 4.69) is 5.32 Å². The second-order valence-corrected chi connectivity index (χ2v) is 6.19. The SMILES string of the molecule is Cc1ccc(OC(C)C(=O)NCc2ccc(C(=O)N(C)C)cc2)cc1. The monoisotopic (exact) mass is 340 g/mol. The highest BCUT2D eigenvalue weighted by atomic mass is 16.5. The molecule has 1 unspecified atom stereocenters. The molecule has 1 N–H and O–H groups in total. The van der Waals surface area contributed by atoms with E-state index in [1.54, 1.807) is 33.2 Å². The molecule has 0 aliphatic heterocycles. The van der Waals surface area contributed by atoms with Crippen molar-refractivity contribution in [3.05, 3.63) is 65.2 Å². The Morgan fingerprint density at radius 1 is 1.04 bits per heavy atom. The number of nitrogens with one attached hydrogen (secondary N) is 1. The van der Waals surface area contributed by atoms with Crippen LogP contribution in [0.25, 0.3) is 0 Å². The summed E-state index contributed by atoms with van der Waals surface area (Å²) in [5.74, 6) is 0.435. The Hall–Kier alpha value is -2.82. The number of nitrogens with zero attached hydrogens (tertiary/aromatic N) is 1. The maximum Gasteiger partial charge on any atom is 0.261 e. The highest BCUT2D eigenvalue weighted by Crippen LogP contribution is 2.13. The molecule has 0 aliphatic rings. The summed E-state index contributed by atoms with van der Waals surface area (Å²) < 4.78 is 5.63. The first-order chi connectivity index (χ1) is 11.9. The number of rotatable bonds is 6.